The highest BCUT2D eigenvalue weighted by molar-refractivity contribution is 7.09. The molecule has 4 heterocycles. The Hall–Kier alpha value is -1.22. The van der Waals surface area contributed by atoms with Crippen molar-refractivity contribution in [1.29, 1.82) is 0 Å². The van der Waals surface area contributed by atoms with E-state index >= 15 is 0 Å². The Morgan fingerprint density at radius 3 is 2.66 bits per heavy atom. The van der Waals surface area contributed by atoms with E-state index in [1.165, 1.54) is 10.4 Å². The number of carbonyl (C=O) groups excluding carboxylic acids is 1. The number of carbonyl (C=O) groups is 1. The minimum Gasteiger partial charge on any atom is -0.339 e. The zero-order valence-electron chi connectivity index (χ0n) is 16.4. The molecule has 0 bridgehead atoms. The molecule has 0 spiro atoms. The summed E-state index contributed by atoms with van der Waals surface area (Å²) in [4.78, 5) is 25.3. The van der Waals surface area contributed by atoms with Gasteiger partial charge >= 0.3 is 0 Å². The molecule has 2 saturated heterocycles. The number of hydrogen-bond donors (Lipinski definition) is 1. The van der Waals surface area contributed by atoms with E-state index in [0.717, 1.165) is 52.4 Å². The fourth-order valence-corrected chi connectivity index (χ4v) is 4.64. The van der Waals surface area contributed by atoms with Crippen LogP contribution in [0.2, 0.25) is 0 Å². The van der Waals surface area contributed by atoms with Gasteiger partial charge in [0, 0.05) is 75.7 Å². The normalized spacial score (nSPS) is 20.6. The first-order valence-electron chi connectivity index (χ1n) is 9.67. The lowest BCUT2D eigenvalue weighted by atomic mass is 10.1. The van der Waals surface area contributed by atoms with Gasteiger partial charge in [-0.3, -0.25) is 19.6 Å². The van der Waals surface area contributed by atoms with Crippen LogP contribution in [-0.2, 0) is 11.3 Å². The maximum absolute atomic E-state index is 12.9. The van der Waals surface area contributed by atoms with Gasteiger partial charge in [-0.05, 0) is 23.1 Å². The van der Waals surface area contributed by atoms with Crippen molar-refractivity contribution in [2.75, 3.05) is 52.4 Å². The van der Waals surface area contributed by atoms with Gasteiger partial charge < -0.3 is 10.2 Å². The van der Waals surface area contributed by atoms with E-state index in [2.05, 4.69) is 43.7 Å². The third-order valence-electron chi connectivity index (χ3n) is 5.45. The molecule has 2 aromatic heterocycles. The Balaban J connectivity index is 0.00000150. The molecule has 9 heteroatoms. The number of amides is 1. The van der Waals surface area contributed by atoms with Crippen molar-refractivity contribution in [3.63, 3.8) is 0 Å². The summed E-state index contributed by atoms with van der Waals surface area (Å²) < 4.78 is 0. The van der Waals surface area contributed by atoms with E-state index < -0.39 is 0 Å². The lowest BCUT2D eigenvalue weighted by Gasteiger charge is -2.39. The fraction of sp³-hybridized carbons (Fsp3) is 0.500. The summed E-state index contributed by atoms with van der Waals surface area (Å²) in [7, 11) is 0. The zero-order chi connectivity index (χ0) is 18.5. The number of halogens is 2. The highest BCUT2D eigenvalue weighted by Gasteiger charge is 2.28. The predicted octanol–water partition coefficient (Wildman–Crippen LogP) is 2.28. The van der Waals surface area contributed by atoms with Gasteiger partial charge in [0.15, 0.2) is 0 Å². The van der Waals surface area contributed by atoms with E-state index in [1.54, 1.807) is 17.5 Å². The number of aromatic nitrogens is 1. The highest BCUT2D eigenvalue weighted by atomic mass is 35.5. The van der Waals surface area contributed by atoms with Crippen molar-refractivity contribution in [1.82, 2.24) is 25.0 Å². The van der Waals surface area contributed by atoms with E-state index in [1.807, 2.05) is 17.2 Å². The van der Waals surface area contributed by atoms with Gasteiger partial charge in [0.25, 0.3) is 0 Å². The summed E-state index contributed by atoms with van der Waals surface area (Å²) in [6.45, 7) is 7.75. The van der Waals surface area contributed by atoms with Gasteiger partial charge in [-0.1, -0.05) is 12.1 Å². The number of pyridine rings is 1. The average molecular weight is 458 g/mol. The third kappa shape index (κ3) is 6.38. The molecule has 2 aromatic rings. The molecule has 0 radical (unpaired) electrons. The van der Waals surface area contributed by atoms with E-state index in [0.29, 0.717) is 6.54 Å². The van der Waals surface area contributed by atoms with Crippen molar-refractivity contribution in [3.05, 3.63) is 52.5 Å². The molecule has 1 N–H and O–H groups in total. The molecule has 6 nitrogen and oxygen atoms in total. The second-order valence-corrected chi connectivity index (χ2v) is 8.25. The van der Waals surface area contributed by atoms with Crippen LogP contribution in [0.4, 0.5) is 0 Å². The van der Waals surface area contributed by atoms with Crippen LogP contribution in [0, 0.1) is 0 Å². The summed E-state index contributed by atoms with van der Waals surface area (Å²) >= 11 is 1.81. The largest absolute Gasteiger partial charge is 0.339 e. The van der Waals surface area contributed by atoms with E-state index in [9.17, 15) is 4.79 Å². The van der Waals surface area contributed by atoms with Gasteiger partial charge in [-0.2, -0.15) is 0 Å². The molecule has 160 valence electrons. The van der Waals surface area contributed by atoms with Gasteiger partial charge in [0.2, 0.25) is 5.91 Å². The topological polar surface area (TPSA) is 51.7 Å². The van der Waals surface area contributed by atoms with E-state index in [4.69, 9.17) is 0 Å². The summed E-state index contributed by atoms with van der Waals surface area (Å²) in [6, 6.07) is 8.58. The molecule has 29 heavy (non-hydrogen) atoms. The molecule has 0 aliphatic carbocycles. The van der Waals surface area contributed by atoms with Crippen molar-refractivity contribution in [3.8, 4) is 0 Å². The van der Waals surface area contributed by atoms with Crippen LogP contribution in [0.5, 0.6) is 0 Å². The SMILES string of the molecule is Cl.Cl.O=C(CN1CCNCC1c1cccnc1)N1CCN(Cc2cccs2)CC1. The summed E-state index contributed by atoms with van der Waals surface area (Å²) in [5.41, 5.74) is 1.18. The molecule has 1 amide bonds. The Labute approximate surface area is 189 Å². The quantitative estimate of drug-likeness (QED) is 0.745. The van der Waals surface area contributed by atoms with Crippen LogP contribution < -0.4 is 5.32 Å². The van der Waals surface area contributed by atoms with Gasteiger partial charge in [0.05, 0.1) is 6.54 Å². The predicted molar refractivity (Wildman–Crippen MR) is 122 cm³/mol. The Morgan fingerprint density at radius 1 is 1.14 bits per heavy atom. The minimum absolute atomic E-state index is 0. The summed E-state index contributed by atoms with van der Waals surface area (Å²) in [6.07, 6.45) is 3.71. The third-order valence-corrected chi connectivity index (χ3v) is 6.31. The van der Waals surface area contributed by atoms with Crippen molar-refractivity contribution < 1.29 is 4.79 Å². The number of nitrogens with one attached hydrogen (secondary N) is 1. The molecule has 0 aromatic carbocycles. The lowest BCUT2D eigenvalue weighted by Crippen LogP contribution is -2.53. The Bertz CT molecular complexity index is 726. The van der Waals surface area contributed by atoms with Crippen LogP contribution in [0.1, 0.15) is 16.5 Å². The number of piperazine rings is 2. The number of nitrogens with zero attached hydrogens (tertiary/aromatic N) is 4. The first-order chi connectivity index (χ1) is 13.3. The van der Waals surface area contributed by atoms with Crippen LogP contribution in [0.25, 0.3) is 0 Å². The van der Waals surface area contributed by atoms with E-state index in [-0.39, 0.29) is 36.8 Å². The van der Waals surface area contributed by atoms with Gasteiger partial charge in [-0.15, -0.1) is 36.2 Å². The van der Waals surface area contributed by atoms with Crippen LogP contribution in [0.15, 0.2) is 42.0 Å². The molecular formula is C20H29Cl2N5OS. The smallest absolute Gasteiger partial charge is 0.236 e. The molecule has 2 aliphatic rings. The maximum atomic E-state index is 12.9. The highest BCUT2D eigenvalue weighted by Crippen LogP contribution is 2.21. The number of thiophene rings is 1. The van der Waals surface area contributed by atoms with Crippen LogP contribution in [0.3, 0.4) is 0 Å². The van der Waals surface area contributed by atoms with Crippen LogP contribution >= 0.6 is 36.2 Å². The van der Waals surface area contributed by atoms with Crippen molar-refractivity contribution in [2.24, 2.45) is 0 Å². The average Bonchev–Trinajstić information content (AvgIpc) is 3.23. The summed E-state index contributed by atoms with van der Waals surface area (Å²) in [5.74, 6) is 0.251. The second kappa shape index (κ2) is 11.8. The molecule has 2 fully saturated rings. The van der Waals surface area contributed by atoms with Gasteiger partial charge in [0.1, 0.15) is 0 Å². The minimum atomic E-state index is 0. The zero-order valence-corrected chi connectivity index (χ0v) is 18.9. The maximum Gasteiger partial charge on any atom is 0.236 e. The molecule has 4 rings (SSSR count). The fourth-order valence-electron chi connectivity index (χ4n) is 3.89. The standard InChI is InChI=1S/C20H27N5OS.2ClH/c26-20(24-10-8-23(9-11-24)15-18-4-2-12-27-18)16-25-7-6-22-14-19(25)17-3-1-5-21-13-17;;/h1-5,12-13,19,22H,6-11,14-16H2;2*1H. The molecular weight excluding hydrogens is 429 g/mol. The molecule has 1 atom stereocenters. The Morgan fingerprint density at radius 2 is 1.97 bits per heavy atom. The van der Waals surface area contributed by atoms with Crippen molar-refractivity contribution in [2.45, 2.75) is 12.6 Å². The monoisotopic (exact) mass is 457 g/mol. The molecule has 0 saturated carbocycles. The number of hydrogen-bond acceptors (Lipinski definition) is 6. The van der Waals surface area contributed by atoms with Gasteiger partial charge in [-0.25, -0.2) is 0 Å². The van der Waals surface area contributed by atoms with Crippen molar-refractivity contribution >= 4 is 42.1 Å². The molecule has 2 aliphatic heterocycles. The second-order valence-electron chi connectivity index (χ2n) is 7.21. The lowest BCUT2D eigenvalue weighted by molar-refractivity contribution is -0.135. The molecule has 1 unspecified atom stereocenters. The summed E-state index contributed by atoms with van der Waals surface area (Å²) in [5, 5.41) is 5.57. The number of rotatable bonds is 5. The first kappa shape index (κ1) is 24.1. The Kier molecular flexibility index (Phi) is 9.82. The first-order valence-corrected chi connectivity index (χ1v) is 10.5. The van der Waals surface area contributed by atoms with Crippen LogP contribution in [-0.4, -0.2) is 77.9 Å².